The van der Waals surface area contributed by atoms with Gasteiger partial charge in [-0.3, -0.25) is 0 Å². The van der Waals surface area contributed by atoms with E-state index >= 15 is 0 Å². The number of unbranched alkanes of at least 4 members (excludes halogenated alkanes) is 8. The summed E-state index contributed by atoms with van der Waals surface area (Å²) in [6, 6.07) is 2.09. The van der Waals surface area contributed by atoms with Crippen molar-refractivity contribution in [1.82, 2.24) is 0 Å². The molecule has 0 aliphatic rings. The van der Waals surface area contributed by atoms with Gasteiger partial charge in [-0.15, -0.1) is 0 Å². The molecule has 17 heavy (non-hydrogen) atoms. The van der Waals surface area contributed by atoms with Crippen LogP contribution in [0, 0.1) is 0 Å². The molecule has 98 valence electrons. The van der Waals surface area contributed by atoms with Crippen molar-refractivity contribution in [2.45, 2.75) is 71.1 Å². The van der Waals surface area contributed by atoms with Crippen molar-refractivity contribution in [3.05, 3.63) is 17.9 Å². The van der Waals surface area contributed by atoms with E-state index in [0.29, 0.717) is 0 Å². The highest BCUT2D eigenvalue weighted by atomic mass is 31.0. The highest BCUT2D eigenvalue weighted by molar-refractivity contribution is 7.26. The minimum Gasteiger partial charge on any atom is -0.465 e. The van der Waals surface area contributed by atoms with Gasteiger partial charge in [0.15, 0.2) is 0 Å². The number of furan rings is 1. The fourth-order valence-corrected chi connectivity index (χ4v) is 2.50. The van der Waals surface area contributed by atoms with E-state index in [1.165, 1.54) is 69.8 Å². The summed E-state index contributed by atoms with van der Waals surface area (Å²) in [5.74, 6) is 0. The maximum absolute atomic E-state index is 5.26. The largest absolute Gasteiger partial charge is 0.465 e. The van der Waals surface area contributed by atoms with E-state index in [1.54, 1.807) is 6.26 Å². The molecule has 1 heterocycles. The lowest BCUT2D eigenvalue weighted by Crippen LogP contribution is -1.95. The lowest BCUT2D eigenvalue weighted by molar-refractivity contribution is 0.564. The Morgan fingerprint density at radius 2 is 1.53 bits per heavy atom. The second-order valence-electron chi connectivity index (χ2n) is 4.89. The van der Waals surface area contributed by atoms with Gasteiger partial charge in [-0.2, -0.15) is 0 Å². The SMILES string of the molecule is CCCCCCCCCCCc1ccoc1P. The van der Waals surface area contributed by atoms with Gasteiger partial charge in [-0.1, -0.05) is 67.5 Å². The predicted octanol–water partition coefficient (Wildman–Crippen LogP) is 4.85. The molecule has 1 aromatic heterocycles. The molecular weight excluding hydrogens is 227 g/mol. The third-order valence-electron chi connectivity index (χ3n) is 3.33. The third-order valence-corrected chi connectivity index (χ3v) is 3.84. The maximum Gasteiger partial charge on any atom is 0.122 e. The molecule has 0 aliphatic heterocycles. The molecule has 0 saturated heterocycles. The van der Waals surface area contributed by atoms with Crippen molar-refractivity contribution < 1.29 is 4.42 Å². The predicted molar refractivity (Wildman–Crippen MR) is 79.0 cm³/mol. The highest BCUT2D eigenvalue weighted by Crippen LogP contribution is 2.12. The highest BCUT2D eigenvalue weighted by Gasteiger charge is 2.00. The van der Waals surface area contributed by atoms with Crippen LogP contribution in [-0.4, -0.2) is 0 Å². The molecule has 0 aromatic carbocycles. The fraction of sp³-hybridized carbons (Fsp3) is 0.733. The minimum atomic E-state index is 1.02. The fourth-order valence-electron chi connectivity index (χ4n) is 2.18. The van der Waals surface area contributed by atoms with Gasteiger partial charge in [-0.25, -0.2) is 0 Å². The van der Waals surface area contributed by atoms with Gasteiger partial charge in [-0.05, 0) is 24.5 Å². The molecule has 2 heteroatoms. The minimum absolute atomic E-state index is 1.02. The van der Waals surface area contributed by atoms with Gasteiger partial charge in [0, 0.05) is 0 Å². The maximum atomic E-state index is 5.26. The first-order valence-electron chi connectivity index (χ1n) is 7.16. The topological polar surface area (TPSA) is 13.1 Å². The zero-order valence-electron chi connectivity index (χ0n) is 11.2. The Kier molecular flexibility index (Phi) is 8.44. The van der Waals surface area contributed by atoms with Gasteiger partial charge < -0.3 is 4.42 Å². The van der Waals surface area contributed by atoms with Crippen molar-refractivity contribution in [3.63, 3.8) is 0 Å². The third kappa shape index (κ3) is 6.88. The monoisotopic (exact) mass is 254 g/mol. The van der Waals surface area contributed by atoms with Gasteiger partial charge in [0.25, 0.3) is 0 Å². The molecule has 0 radical (unpaired) electrons. The van der Waals surface area contributed by atoms with Crippen molar-refractivity contribution in [2.75, 3.05) is 0 Å². The summed E-state index contributed by atoms with van der Waals surface area (Å²) >= 11 is 0. The van der Waals surface area contributed by atoms with Crippen LogP contribution in [0.4, 0.5) is 0 Å². The van der Waals surface area contributed by atoms with Crippen LogP contribution < -0.4 is 5.50 Å². The Labute approximate surface area is 109 Å². The quantitative estimate of drug-likeness (QED) is 0.429. The molecule has 1 unspecified atom stereocenters. The Morgan fingerprint density at radius 3 is 2.06 bits per heavy atom. The first-order valence-corrected chi connectivity index (χ1v) is 7.74. The summed E-state index contributed by atoms with van der Waals surface area (Å²) in [7, 11) is 2.66. The lowest BCUT2D eigenvalue weighted by Gasteiger charge is -2.01. The summed E-state index contributed by atoms with van der Waals surface area (Å²) < 4.78 is 5.26. The molecule has 1 rings (SSSR count). The molecular formula is C15H27OP. The van der Waals surface area contributed by atoms with E-state index in [4.69, 9.17) is 4.42 Å². The van der Waals surface area contributed by atoms with Crippen LogP contribution in [-0.2, 0) is 6.42 Å². The Morgan fingerprint density at radius 1 is 0.941 bits per heavy atom. The second-order valence-corrected chi connectivity index (χ2v) is 5.41. The first kappa shape index (κ1) is 14.8. The Hall–Kier alpha value is -0.290. The molecule has 1 nitrogen and oxygen atoms in total. The lowest BCUT2D eigenvalue weighted by atomic mass is 10.1. The van der Waals surface area contributed by atoms with Gasteiger partial charge in [0.1, 0.15) is 5.50 Å². The molecule has 0 amide bonds. The van der Waals surface area contributed by atoms with Crippen LogP contribution in [0.5, 0.6) is 0 Å². The van der Waals surface area contributed by atoms with Gasteiger partial charge >= 0.3 is 0 Å². The zero-order chi connectivity index (χ0) is 12.3. The van der Waals surface area contributed by atoms with Crippen molar-refractivity contribution in [1.29, 1.82) is 0 Å². The van der Waals surface area contributed by atoms with Gasteiger partial charge in [0.05, 0.1) is 6.26 Å². The van der Waals surface area contributed by atoms with Crippen molar-refractivity contribution >= 4 is 14.7 Å². The zero-order valence-corrected chi connectivity index (χ0v) is 12.4. The van der Waals surface area contributed by atoms with E-state index < -0.39 is 0 Å². The van der Waals surface area contributed by atoms with Crippen LogP contribution in [0.3, 0.4) is 0 Å². The average molecular weight is 254 g/mol. The summed E-state index contributed by atoms with van der Waals surface area (Å²) in [5, 5.41) is 0. The molecule has 0 aliphatic carbocycles. The van der Waals surface area contributed by atoms with Crippen molar-refractivity contribution in [3.8, 4) is 0 Å². The number of aryl methyl sites for hydroxylation is 1. The summed E-state index contributed by atoms with van der Waals surface area (Å²) in [6.45, 7) is 2.27. The number of hydrogen-bond acceptors (Lipinski definition) is 1. The van der Waals surface area contributed by atoms with Crippen LogP contribution in [0.25, 0.3) is 0 Å². The van der Waals surface area contributed by atoms with Crippen LogP contribution in [0.2, 0.25) is 0 Å². The standard InChI is InChI=1S/C15H27OP/c1-2-3-4-5-6-7-8-9-10-11-14-12-13-16-15(14)17/h12-13H,2-11,17H2,1H3. The summed E-state index contributed by atoms with van der Waals surface area (Å²) in [4.78, 5) is 0. The van der Waals surface area contributed by atoms with Gasteiger partial charge in [0.2, 0.25) is 0 Å². The van der Waals surface area contributed by atoms with E-state index in [-0.39, 0.29) is 0 Å². The van der Waals surface area contributed by atoms with E-state index in [0.717, 1.165) is 5.50 Å². The summed E-state index contributed by atoms with van der Waals surface area (Å²) in [6.07, 6.45) is 15.5. The molecule has 0 N–H and O–H groups in total. The molecule has 0 bridgehead atoms. The molecule has 1 aromatic rings. The summed E-state index contributed by atoms with van der Waals surface area (Å²) in [5.41, 5.74) is 2.38. The Bertz CT molecular complexity index is 280. The van der Waals surface area contributed by atoms with Crippen LogP contribution in [0.15, 0.2) is 16.7 Å². The van der Waals surface area contributed by atoms with Crippen molar-refractivity contribution in [2.24, 2.45) is 0 Å². The normalized spacial score (nSPS) is 10.9. The second kappa shape index (κ2) is 9.71. The average Bonchev–Trinajstić information content (AvgIpc) is 2.73. The van der Waals surface area contributed by atoms with E-state index in [2.05, 4.69) is 22.2 Å². The van der Waals surface area contributed by atoms with Crippen LogP contribution in [0.1, 0.15) is 70.3 Å². The molecule has 1 atom stereocenters. The smallest absolute Gasteiger partial charge is 0.122 e. The van der Waals surface area contributed by atoms with E-state index in [1.807, 2.05) is 0 Å². The number of rotatable bonds is 10. The molecule has 0 spiro atoms. The number of hydrogen-bond donors (Lipinski definition) is 0. The molecule has 0 saturated carbocycles. The molecule has 0 fully saturated rings. The first-order chi connectivity index (χ1) is 8.34. The van der Waals surface area contributed by atoms with Crippen LogP contribution >= 0.6 is 9.24 Å². The van der Waals surface area contributed by atoms with E-state index in [9.17, 15) is 0 Å². The Balaban J connectivity index is 1.86.